The SMILES string of the molecule is CC(NC(=O)c1ccc(Br)s1)C(=O)NC1(c2ccc(F)cc2)CCCC1. The molecule has 4 nitrogen and oxygen atoms in total. The maximum atomic E-state index is 13.3. The van der Waals surface area contributed by atoms with E-state index >= 15 is 0 Å². The number of amides is 2. The van der Waals surface area contributed by atoms with E-state index in [1.165, 1.54) is 23.5 Å². The van der Waals surface area contributed by atoms with Crippen LogP contribution >= 0.6 is 27.3 Å². The van der Waals surface area contributed by atoms with E-state index in [4.69, 9.17) is 0 Å². The van der Waals surface area contributed by atoms with Crippen LogP contribution < -0.4 is 10.6 Å². The zero-order valence-electron chi connectivity index (χ0n) is 14.4. The number of thiophene rings is 1. The Morgan fingerprint density at radius 3 is 2.38 bits per heavy atom. The van der Waals surface area contributed by atoms with Gasteiger partial charge in [-0.15, -0.1) is 11.3 Å². The molecule has 1 saturated carbocycles. The van der Waals surface area contributed by atoms with E-state index in [9.17, 15) is 14.0 Å². The summed E-state index contributed by atoms with van der Waals surface area (Å²) in [6.45, 7) is 1.67. The van der Waals surface area contributed by atoms with Crippen molar-refractivity contribution < 1.29 is 14.0 Å². The van der Waals surface area contributed by atoms with Crippen molar-refractivity contribution in [2.75, 3.05) is 0 Å². The summed E-state index contributed by atoms with van der Waals surface area (Å²) >= 11 is 4.64. The Morgan fingerprint density at radius 2 is 1.81 bits per heavy atom. The van der Waals surface area contributed by atoms with Crippen molar-refractivity contribution >= 4 is 39.1 Å². The first kappa shape index (κ1) is 19.0. The minimum absolute atomic E-state index is 0.236. The molecule has 3 rings (SSSR count). The van der Waals surface area contributed by atoms with Gasteiger partial charge >= 0.3 is 0 Å². The predicted octanol–water partition coefficient (Wildman–Crippen LogP) is 4.35. The highest BCUT2D eigenvalue weighted by molar-refractivity contribution is 9.11. The van der Waals surface area contributed by atoms with E-state index in [-0.39, 0.29) is 17.6 Å². The number of halogens is 2. The third-order valence-corrected chi connectivity index (χ3v) is 6.38. The largest absolute Gasteiger partial charge is 0.345 e. The summed E-state index contributed by atoms with van der Waals surface area (Å²) in [5, 5.41) is 5.85. The van der Waals surface area contributed by atoms with Gasteiger partial charge in [0.15, 0.2) is 0 Å². The maximum absolute atomic E-state index is 13.3. The molecule has 1 unspecified atom stereocenters. The van der Waals surface area contributed by atoms with Crippen molar-refractivity contribution in [3.63, 3.8) is 0 Å². The first-order valence-electron chi connectivity index (χ1n) is 8.54. The van der Waals surface area contributed by atoms with Crippen LogP contribution in [0.5, 0.6) is 0 Å². The summed E-state index contributed by atoms with van der Waals surface area (Å²) in [5.74, 6) is -0.804. The lowest BCUT2D eigenvalue weighted by Crippen LogP contribution is -2.52. The fourth-order valence-electron chi connectivity index (χ4n) is 3.35. The second kappa shape index (κ2) is 7.88. The van der Waals surface area contributed by atoms with Gasteiger partial charge in [0.25, 0.3) is 5.91 Å². The molecular formula is C19H20BrFN2O2S. The van der Waals surface area contributed by atoms with Crippen molar-refractivity contribution in [1.29, 1.82) is 0 Å². The lowest BCUT2D eigenvalue weighted by Gasteiger charge is -2.32. The van der Waals surface area contributed by atoms with Crippen LogP contribution in [0.4, 0.5) is 4.39 Å². The maximum Gasteiger partial charge on any atom is 0.262 e. The number of carbonyl (C=O) groups is 2. The Morgan fingerprint density at radius 1 is 1.15 bits per heavy atom. The molecule has 1 aliphatic rings. The van der Waals surface area contributed by atoms with Crippen molar-refractivity contribution in [3.8, 4) is 0 Å². The van der Waals surface area contributed by atoms with E-state index in [1.54, 1.807) is 31.2 Å². The van der Waals surface area contributed by atoms with E-state index in [0.29, 0.717) is 4.88 Å². The van der Waals surface area contributed by atoms with Gasteiger partial charge in [0.1, 0.15) is 11.9 Å². The van der Waals surface area contributed by atoms with Gasteiger partial charge in [0.2, 0.25) is 5.91 Å². The Hall–Kier alpha value is -1.73. The number of hydrogen-bond donors (Lipinski definition) is 2. The second-order valence-electron chi connectivity index (χ2n) is 6.58. The molecule has 1 fully saturated rings. The molecule has 1 atom stereocenters. The molecule has 0 radical (unpaired) electrons. The van der Waals surface area contributed by atoms with Gasteiger partial charge in [-0.1, -0.05) is 25.0 Å². The summed E-state index contributed by atoms with van der Waals surface area (Å²) in [4.78, 5) is 25.5. The summed E-state index contributed by atoms with van der Waals surface area (Å²) in [7, 11) is 0. The van der Waals surface area contributed by atoms with Crippen molar-refractivity contribution in [2.24, 2.45) is 0 Å². The molecular weight excluding hydrogens is 419 g/mol. The van der Waals surface area contributed by atoms with E-state index in [0.717, 1.165) is 35.0 Å². The zero-order valence-corrected chi connectivity index (χ0v) is 16.8. The number of carbonyl (C=O) groups excluding carboxylic acids is 2. The van der Waals surface area contributed by atoms with Gasteiger partial charge in [-0.25, -0.2) is 4.39 Å². The van der Waals surface area contributed by atoms with Gasteiger partial charge in [-0.05, 0) is 65.5 Å². The number of nitrogens with one attached hydrogen (secondary N) is 2. The summed E-state index contributed by atoms with van der Waals surface area (Å²) in [6.07, 6.45) is 3.62. The second-order valence-corrected chi connectivity index (χ2v) is 9.05. The van der Waals surface area contributed by atoms with Crippen LogP contribution in [0.25, 0.3) is 0 Å². The Labute approximate surface area is 164 Å². The highest BCUT2D eigenvalue weighted by Crippen LogP contribution is 2.38. The van der Waals surface area contributed by atoms with Crippen LogP contribution in [0.15, 0.2) is 40.2 Å². The summed E-state index contributed by atoms with van der Waals surface area (Å²) in [5.41, 5.74) is 0.417. The molecule has 1 heterocycles. The average Bonchev–Trinajstić information content (AvgIpc) is 3.25. The number of rotatable bonds is 5. The topological polar surface area (TPSA) is 58.2 Å². The number of hydrogen-bond acceptors (Lipinski definition) is 3. The van der Waals surface area contributed by atoms with Gasteiger partial charge in [0, 0.05) is 0 Å². The summed E-state index contributed by atoms with van der Waals surface area (Å²) in [6, 6.07) is 9.14. The van der Waals surface area contributed by atoms with Gasteiger partial charge in [-0.2, -0.15) is 0 Å². The van der Waals surface area contributed by atoms with Crippen LogP contribution in [0.1, 0.15) is 47.8 Å². The third-order valence-electron chi connectivity index (χ3n) is 4.75. The lowest BCUT2D eigenvalue weighted by atomic mass is 9.87. The van der Waals surface area contributed by atoms with E-state index in [2.05, 4.69) is 26.6 Å². The fourth-order valence-corrected chi connectivity index (χ4v) is 4.64. The molecule has 2 amide bonds. The minimum Gasteiger partial charge on any atom is -0.345 e. The standard InChI is InChI=1S/C19H20BrFN2O2S/c1-12(22-18(25)15-8-9-16(20)26-15)17(24)23-19(10-2-3-11-19)13-4-6-14(21)7-5-13/h4-9,12H,2-3,10-11H2,1H3,(H,22,25)(H,23,24). The molecule has 1 aromatic carbocycles. The van der Waals surface area contributed by atoms with Gasteiger partial charge < -0.3 is 10.6 Å². The monoisotopic (exact) mass is 438 g/mol. The number of benzene rings is 1. The molecule has 0 saturated heterocycles. The first-order chi connectivity index (χ1) is 12.4. The van der Waals surface area contributed by atoms with E-state index < -0.39 is 11.6 Å². The molecule has 1 aliphatic carbocycles. The molecule has 0 aliphatic heterocycles. The Balaban J connectivity index is 1.69. The Kier molecular flexibility index (Phi) is 5.77. The highest BCUT2D eigenvalue weighted by atomic mass is 79.9. The third kappa shape index (κ3) is 4.15. The van der Waals surface area contributed by atoms with Crippen LogP contribution in [0.2, 0.25) is 0 Å². The van der Waals surface area contributed by atoms with Crippen LogP contribution in [-0.2, 0) is 10.3 Å². The van der Waals surface area contributed by atoms with Crippen LogP contribution in [0.3, 0.4) is 0 Å². The minimum atomic E-state index is -0.665. The molecule has 138 valence electrons. The smallest absolute Gasteiger partial charge is 0.262 e. The molecule has 7 heteroatoms. The summed E-state index contributed by atoms with van der Waals surface area (Å²) < 4.78 is 14.1. The first-order valence-corrected chi connectivity index (χ1v) is 10.1. The van der Waals surface area contributed by atoms with Crippen LogP contribution in [0, 0.1) is 5.82 Å². The van der Waals surface area contributed by atoms with Gasteiger partial charge in [-0.3, -0.25) is 9.59 Å². The fraction of sp³-hybridized carbons (Fsp3) is 0.368. The zero-order chi connectivity index (χ0) is 18.7. The normalized spacial score (nSPS) is 16.9. The van der Waals surface area contributed by atoms with Crippen molar-refractivity contribution in [3.05, 3.63) is 56.4 Å². The van der Waals surface area contributed by atoms with Gasteiger partial charge in [0.05, 0.1) is 14.2 Å². The van der Waals surface area contributed by atoms with Crippen molar-refractivity contribution in [1.82, 2.24) is 10.6 Å². The van der Waals surface area contributed by atoms with Crippen LogP contribution in [-0.4, -0.2) is 17.9 Å². The molecule has 0 spiro atoms. The predicted molar refractivity (Wildman–Crippen MR) is 104 cm³/mol. The Bertz CT molecular complexity index is 800. The quantitative estimate of drug-likeness (QED) is 0.728. The van der Waals surface area contributed by atoms with E-state index in [1.807, 2.05) is 0 Å². The average molecular weight is 439 g/mol. The molecule has 2 aromatic rings. The highest BCUT2D eigenvalue weighted by Gasteiger charge is 2.38. The molecule has 1 aromatic heterocycles. The molecule has 0 bridgehead atoms. The molecule has 2 N–H and O–H groups in total. The van der Waals surface area contributed by atoms with Crippen molar-refractivity contribution in [2.45, 2.75) is 44.2 Å². The lowest BCUT2D eigenvalue weighted by molar-refractivity contribution is -0.124. The molecule has 26 heavy (non-hydrogen) atoms.